The zero-order valence-electron chi connectivity index (χ0n) is 35.3. The van der Waals surface area contributed by atoms with Gasteiger partial charge in [0.15, 0.2) is 6.10 Å². The Morgan fingerprint density at radius 1 is 0.603 bits per heavy atom. The predicted molar refractivity (Wildman–Crippen MR) is 221 cm³/mol. The number of aliphatic hydroxyl groups excluding tert-OH is 5. The van der Waals surface area contributed by atoms with E-state index in [2.05, 4.69) is 38.2 Å². The van der Waals surface area contributed by atoms with Crippen molar-refractivity contribution >= 4 is 19.8 Å². The Labute approximate surface area is 347 Å². The van der Waals surface area contributed by atoms with Crippen molar-refractivity contribution in [3.63, 3.8) is 0 Å². The van der Waals surface area contributed by atoms with Gasteiger partial charge in [-0.3, -0.25) is 18.6 Å². The summed E-state index contributed by atoms with van der Waals surface area (Å²) >= 11 is 0. The summed E-state index contributed by atoms with van der Waals surface area (Å²) in [6.07, 6.45) is 19.7. The van der Waals surface area contributed by atoms with Crippen LogP contribution in [0, 0.1) is 0 Å². The Kier molecular flexibility index (Phi) is 28.2. The zero-order chi connectivity index (χ0) is 42.6. The van der Waals surface area contributed by atoms with Crippen LogP contribution in [-0.2, 0) is 37.4 Å². The van der Waals surface area contributed by atoms with Crippen LogP contribution in [0.4, 0.5) is 0 Å². The van der Waals surface area contributed by atoms with Crippen molar-refractivity contribution in [2.45, 2.75) is 223 Å². The van der Waals surface area contributed by atoms with E-state index in [0.29, 0.717) is 25.0 Å². The van der Waals surface area contributed by atoms with Gasteiger partial charge in [0.05, 0.1) is 18.8 Å². The minimum Gasteiger partial charge on any atom is -0.462 e. The first kappa shape index (κ1) is 52.4. The number of ether oxygens (including phenoxy) is 3. The van der Waals surface area contributed by atoms with E-state index in [1.807, 2.05) is 0 Å². The smallest absolute Gasteiger partial charge is 0.462 e. The highest BCUT2D eigenvalue weighted by molar-refractivity contribution is 7.47. The lowest BCUT2D eigenvalue weighted by Crippen LogP contribution is -2.64. The summed E-state index contributed by atoms with van der Waals surface area (Å²) in [5, 5.41) is 50.1. The zero-order valence-corrected chi connectivity index (χ0v) is 36.2. The second kappa shape index (κ2) is 31.2. The van der Waals surface area contributed by atoms with Gasteiger partial charge in [-0.05, 0) is 64.2 Å². The third kappa shape index (κ3) is 23.3. The van der Waals surface area contributed by atoms with Crippen LogP contribution >= 0.6 is 7.82 Å². The number of hydrogen-bond acceptors (Lipinski definition) is 13. The molecule has 0 aromatic rings. The quantitative estimate of drug-likeness (QED) is 0.0124. The van der Waals surface area contributed by atoms with Crippen LogP contribution < -0.4 is 0 Å². The van der Waals surface area contributed by atoms with Crippen LogP contribution in [-0.4, -0.2) is 111 Å². The van der Waals surface area contributed by atoms with Crippen molar-refractivity contribution in [3.8, 4) is 0 Å². The highest BCUT2D eigenvalue weighted by Gasteiger charge is 2.51. The van der Waals surface area contributed by atoms with Crippen LogP contribution in [0.2, 0.25) is 0 Å². The van der Waals surface area contributed by atoms with Crippen molar-refractivity contribution in [2.24, 2.45) is 0 Å². The van der Waals surface area contributed by atoms with Crippen LogP contribution in [0.5, 0.6) is 0 Å². The maximum absolute atomic E-state index is 12.8. The summed E-state index contributed by atoms with van der Waals surface area (Å²) < 4.78 is 39.3. The number of unbranched alkanes of at least 4 members (excludes halogenated alkanes) is 16. The molecule has 338 valence electrons. The molecule has 2 aliphatic rings. The molecule has 15 heteroatoms. The predicted octanol–water partition coefficient (Wildman–Crippen LogP) is 7.04. The number of phosphoric acid groups is 1. The average Bonchev–Trinajstić information content (AvgIpc) is 3.96. The standard InChI is InChI=1S/C43H77O14P/c1-3-5-7-9-11-12-13-14-15-16-17-21-25-29-36(44)53-31-33(32-54-58(51,52)57-43-41(49)39(47)38(46)40(48)42(43)50)55-37(45)30-26-22-18-20-24-28-35-34(56-35)27-23-19-10-8-6-4-2/h12-13,19,23,33-35,38-43,46-50H,3-11,14-18,20-22,24-32H2,1-2H3,(H,51,52)/b13-12-,23-19-/t33-,34?,35?,38?,39-,40+,41-,42-,43?/m1/s1. The van der Waals surface area contributed by atoms with Gasteiger partial charge in [0.2, 0.25) is 0 Å². The fraction of sp³-hybridized carbons (Fsp3) is 0.860. The second-order valence-electron chi connectivity index (χ2n) is 15.9. The van der Waals surface area contributed by atoms with Crippen molar-refractivity contribution in [3.05, 3.63) is 24.3 Å². The molecule has 2 rings (SSSR count). The van der Waals surface area contributed by atoms with E-state index in [4.69, 9.17) is 23.3 Å². The molecule has 0 spiro atoms. The summed E-state index contributed by atoms with van der Waals surface area (Å²) in [7, 11) is -5.12. The van der Waals surface area contributed by atoms with Crippen LogP contribution in [0.1, 0.15) is 168 Å². The molecule has 0 aromatic carbocycles. The van der Waals surface area contributed by atoms with Gasteiger partial charge < -0.3 is 44.6 Å². The van der Waals surface area contributed by atoms with E-state index < -0.39 is 75.7 Å². The number of phosphoric ester groups is 1. The number of rotatable bonds is 35. The third-order valence-corrected chi connectivity index (χ3v) is 11.7. The Balaban J connectivity index is 1.73. The SMILES string of the molecule is CCCCC/C=C\CC1OC1CCCCCCCC(=O)O[C@H](COC(=O)CCCCCCC/C=C\CCCCCC)COP(=O)(O)OC1[C@H](O)[C@H](O)C(O)[C@H](O)[C@H]1O. The summed E-state index contributed by atoms with van der Waals surface area (Å²) in [6.45, 7) is 3.21. The van der Waals surface area contributed by atoms with E-state index in [-0.39, 0.29) is 12.8 Å². The van der Waals surface area contributed by atoms with Crippen molar-refractivity contribution in [1.82, 2.24) is 0 Å². The molecule has 10 atom stereocenters. The van der Waals surface area contributed by atoms with Crippen molar-refractivity contribution in [2.75, 3.05) is 13.2 Å². The Morgan fingerprint density at radius 3 is 1.71 bits per heavy atom. The fourth-order valence-electron chi connectivity index (χ4n) is 6.93. The van der Waals surface area contributed by atoms with Gasteiger partial charge in [-0.25, -0.2) is 4.57 Å². The molecule has 6 N–H and O–H groups in total. The van der Waals surface area contributed by atoms with Crippen molar-refractivity contribution < 1.29 is 67.8 Å². The van der Waals surface area contributed by atoms with Crippen LogP contribution in [0.15, 0.2) is 24.3 Å². The highest BCUT2D eigenvalue weighted by atomic mass is 31.2. The minimum atomic E-state index is -5.12. The summed E-state index contributed by atoms with van der Waals surface area (Å²) in [6, 6.07) is 0. The Hall–Kier alpha value is -1.71. The van der Waals surface area contributed by atoms with Gasteiger partial charge >= 0.3 is 19.8 Å². The summed E-state index contributed by atoms with van der Waals surface area (Å²) in [5.74, 6) is -1.13. The molecule has 0 radical (unpaired) electrons. The molecule has 1 saturated heterocycles. The van der Waals surface area contributed by atoms with E-state index in [1.165, 1.54) is 44.9 Å². The number of epoxide rings is 1. The Morgan fingerprint density at radius 2 is 1.09 bits per heavy atom. The molecule has 1 saturated carbocycles. The molecule has 0 amide bonds. The number of hydrogen-bond donors (Lipinski definition) is 6. The fourth-order valence-corrected chi connectivity index (χ4v) is 7.91. The largest absolute Gasteiger partial charge is 0.472 e. The van der Waals surface area contributed by atoms with Gasteiger partial charge in [0.1, 0.15) is 43.2 Å². The maximum atomic E-state index is 12.8. The lowest BCUT2D eigenvalue weighted by molar-refractivity contribution is -0.220. The first-order valence-corrected chi connectivity index (χ1v) is 23.8. The van der Waals surface area contributed by atoms with Gasteiger partial charge in [0, 0.05) is 12.8 Å². The first-order chi connectivity index (χ1) is 27.9. The lowest BCUT2D eigenvalue weighted by atomic mass is 9.85. The molecular weight excluding hydrogens is 771 g/mol. The molecule has 1 aliphatic heterocycles. The second-order valence-corrected chi connectivity index (χ2v) is 17.3. The number of allylic oxidation sites excluding steroid dienone is 3. The summed E-state index contributed by atoms with van der Waals surface area (Å²) in [4.78, 5) is 35.7. The molecule has 0 bridgehead atoms. The van der Waals surface area contributed by atoms with E-state index in [9.17, 15) is 44.6 Å². The molecule has 1 heterocycles. The van der Waals surface area contributed by atoms with Gasteiger partial charge in [-0.2, -0.15) is 0 Å². The van der Waals surface area contributed by atoms with E-state index >= 15 is 0 Å². The van der Waals surface area contributed by atoms with Gasteiger partial charge in [-0.15, -0.1) is 0 Å². The van der Waals surface area contributed by atoms with Crippen LogP contribution in [0.25, 0.3) is 0 Å². The molecule has 1 aliphatic carbocycles. The average molecular weight is 849 g/mol. The van der Waals surface area contributed by atoms with Gasteiger partial charge in [-0.1, -0.05) is 115 Å². The number of carbonyl (C=O) groups is 2. The minimum absolute atomic E-state index is 0.0729. The third-order valence-electron chi connectivity index (χ3n) is 10.7. The first-order valence-electron chi connectivity index (χ1n) is 22.3. The number of esters is 2. The molecule has 5 unspecified atom stereocenters. The number of aliphatic hydroxyl groups is 5. The molecule has 14 nitrogen and oxygen atoms in total. The maximum Gasteiger partial charge on any atom is 0.472 e. The lowest BCUT2D eigenvalue weighted by Gasteiger charge is -2.41. The molecule has 2 fully saturated rings. The normalized spacial score (nSPS) is 26.2. The monoisotopic (exact) mass is 849 g/mol. The van der Waals surface area contributed by atoms with E-state index in [0.717, 1.165) is 83.5 Å². The van der Waals surface area contributed by atoms with Crippen LogP contribution in [0.3, 0.4) is 0 Å². The molecular formula is C43H77O14P. The molecule has 58 heavy (non-hydrogen) atoms. The number of carbonyl (C=O) groups excluding carboxylic acids is 2. The summed E-state index contributed by atoms with van der Waals surface area (Å²) in [5.41, 5.74) is 0. The Bertz CT molecular complexity index is 1180. The molecule has 0 aromatic heterocycles. The van der Waals surface area contributed by atoms with E-state index in [1.54, 1.807) is 0 Å². The highest BCUT2D eigenvalue weighted by Crippen LogP contribution is 2.47. The topological polar surface area (TPSA) is 222 Å². The van der Waals surface area contributed by atoms with Gasteiger partial charge in [0.25, 0.3) is 0 Å². The van der Waals surface area contributed by atoms with Crippen molar-refractivity contribution in [1.29, 1.82) is 0 Å².